The summed E-state index contributed by atoms with van der Waals surface area (Å²) in [6.45, 7) is 4.98. The van der Waals surface area contributed by atoms with E-state index in [2.05, 4.69) is 29.2 Å². The molecule has 5 nitrogen and oxygen atoms in total. The summed E-state index contributed by atoms with van der Waals surface area (Å²) in [6.07, 6.45) is 3.18. The second-order valence-corrected chi connectivity index (χ2v) is 7.38. The zero-order valence-electron chi connectivity index (χ0n) is 15.9. The Kier molecular flexibility index (Phi) is 4.12. The molecule has 0 spiro atoms. The average Bonchev–Trinajstić information content (AvgIpc) is 3.05. The Morgan fingerprint density at radius 1 is 1.00 bits per heavy atom. The van der Waals surface area contributed by atoms with Crippen molar-refractivity contribution in [2.24, 2.45) is 0 Å². The van der Waals surface area contributed by atoms with Crippen molar-refractivity contribution in [1.29, 1.82) is 0 Å². The van der Waals surface area contributed by atoms with Crippen molar-refractivity contribution in [2.75, 3.05) is 27.1 Å². The first kappa shape index (κ1) is 16.8. The fourth-order valence-corrected chi connectivity index (χ4v) is 4.63. The third kappa shape index (κ3) is 2.81. The molecular formula is C22H25NO4. The molecule has 0 fully saturated rings. The van der Waals surface area contributed by atoms with Crippen molar-refractivity contribution in [3.63, 3.8) is 0 Å². The number of ether oxygens (including phenoxy) is 4. The minimum Gasteiger partial charge on any atom is -0.493 e. The van der Waals surface area contributed by atoms with Gasteiger partial charge in [0.05, 0.1) is 13.7 Å². The van der Waals surface area contributed by atoms with Gasteiger partial charge in [-0.25, -0.2) is 0 Å². The number of hydrogen-bond donors (Lipinski definition) is 0. The van der Waals surface area contributed by atoms with Gasteiger partial charge in [0.2, 0.25) is 6.79 Å². The normalized spacial score (nSPS) is 20.3. The standard InChI is InChI=1S/C22H25NO4/c1-3-25-20-8-14-4-5-18-17-11-22-21(26-13-27-22)9-15(17)6-7-23(18)12-16(14)10-19(20)24-2/h8-11,18H,3-7,12-13H2,1-2H3/t18-/m0/s1. The zero-order valence-corrected chi connectivity index (χ0v) is 15.9. The van der Waals surface area contributed by atoms with Crippen LogP contribution in [0.2, 0.25) is 0 Å². The number of aryl methyl sites for hydroxylation is 1. The monoisotopic (exact) mass is 367 g/mol. The minimum atomic E-state index is 0.331. The lowest BCUT2D eigenvalue weighted by molar-refractivity contribution is 0.172. The van der Waals surface area contributed by atoms with Gasteiger partial charge in [0, 0.05) is 19.1 Å². The molecule has 5 heteroatoms. The van der Waals surface area contributed by atoms with Crippen molar-refractivity contribution in [1.82, 2.24) is 4.90 Å². The Morgan fingerprint density at radius 3 is 2.63 bits per heavy atom. The van der Waals surface area contributed by atoms with E-state index < -0.39 is 0 Å². The Hall–Kier alpha value is -2.40. The molecule has 3 aliphatic heterocycles. The number of fused-ring (bicyclic) bond motifs is 5. The highest BCUT2D eigenvalue weighted by Gasteiger charge is 2.32. The fraction of sp³-hybridized carbons (Fsp3) is 0.455. The maximum Gasteiger partial charge on any atom is 0.231 e. The first-order chi connectivity index (χ1) is 13.3. The Bertz CT molecular complexity index is 879. The van der Waals surface area contributed by atoms with E-state index in [1.54, 1.807) is 7.11 Å². The average molecular weight is 367 g/mol. The van der Waals surface area contributed by atoms with Crippen LogP contribution in [-0.2, 0) is 19.4 Å². The molecule has 0 saturated heterocycles. The molecule has 0 bridgehead atoms. The van der Waals surface area contributed by atoms with Gasteiger partial charge in [0.15, 0.2) is 23.0 Å². The molecular weight excluding hydrogens is 342 g/mol. The van der Waals surface area contributed by atoms with Crippen LogP contribution in [0.25, 0.3) is 0 Å². The van der Waals surface area contributed by atoms with Crippen LogP contribution in [0.15, 0.2) is 24.3 Å². The van der Waals surface area contributed by atoms with Crippen molar-refractivity contribution >= 4 is 0 Å². The van der Waals surface area contributed by atoms with E-state index in [9.17, 15) is 0 Å². The summed E-state index contributed by atoms with van der Waals surface area (Å²) in [5.74, 6) is 3.46. The van der Waals surface area contributed by atoms with E-state index in [-0.39, 0.29) is 0 Å². The van der Waals surface area contributed by atoms with Gasteiger partial charge in [-0.1, -0.05) is 0 Å². The molecule has 5 rings (SSSR count). The smallest absolute Gasteiger partial charge is 0.231 e. The first-order valence-corrected chi connectivity index (χ1v) is 9.76. The summed E-state index contributed by atoms with van der Waals surface area (Å²) < 4.78 is 22.6. The zero-order chi connectivity index (χ0) is 18.4. The summed E-state index contributed by atoms with van der Waals surface area (Å²) in [4.78, 5) is 2.59. The van der Waals surface area contributed by atoms with Crippen LogP contribution in [0.1, 0.15) is 41.6 Å². The molecule has 0 aromatic heterocycles. The third-order valence-corrected chi connectivity index (χ3v) is 5.95. The van der Waals surface area contributed by atoms with Gasteiger partial charge in [-0.15, -0.1) is 0 Å². The third-order valence-electron chi connectivity index (χ3n) is 5.95. The summed E-state index contributed by atoms with van der Waals surface area (Å²) in [5, 5.41) is 0. The number of methoxy groups -OCH3 is 1. The highest BCUT2D eigenvalue weighted by Crippen LogP contribution is 2.44. The molecule has 27 heavy (non-hydrogen) atoms. The highest BCUT2D eigenvalue weighted by molar-refractivity contribution is 5.52. The van der Waals surface area contributed by atoms with Crippen LogP contribution >= 0.6 is 0 Å². The summed E-state index contributed by atoms with van der Waals surface area (Å²) >= 11 is 0. The minimum absolute atomic E-state index is 0.331. The number of hydrogen-bond acceptors (Lipinski definition) is 5. The van der Waals surface area contributed by atoms with Crippen molar-refractivity contribution in [3.05, 3.63) is 46.5 Å². The summed E-state index contributed by atoms with van der Waals surface area (Å²) in [7, 11) is 1.71. The van der Waals surface area contributed by atoms with Gasteiger partial charge in [-0.3, -0.25) is 4.90 Å². The number of rotatable bonds is 3. The lowest BCUT2D eigenvalue weighted by Gasteiger charge is -2.36. The molecule has 0 unspecified atom stereocenters. The molecule has 1 atom stereocenters. The van der Waals surface area contributed by atoms with Crippen LogP contribution < -0.4 is 18.9 Å². The molecule has 0 amide bonds. The number of nitrogens with zero attached hydrogens (tertiary/aromatic N) is 1. The highest BCUT2D eigenvalue weighted by atomic mass is 16.7. The molecule has 3 aliphatic rings. The van der Waals surface area contributed by atoms with Crippen LogP contribution in [0.5, 0.6) is 23.0 Å². The van der Waals surface area contributed by atoms with Crippen LogP contribution in [0.4, 0.5) is 0 Å². The van der Waals surface area contributed by atoms with Crippen LogP contribution in [0.3, 0.4) is 0 Å². The molecule has 142 valence electrons. The van der Waals surface area contributed by atoms with Crippen LogP contribution in [0, 0.1) is 0 Å². The second kappa shape index (κ2) is 6.64. The van der Waals surface area contributed by atoms with Crippen molar-refractivity contribution < 1.29 is 18.9 Å². The molecule has 2 aromatic carbocycles. The summed E-state index contributed by atoms with van der Waals surface area (Å²) in [5.41, 5.74) is 5.52. The lowest BCUT2D eigenvalue weighted by Crippen LogP contribution is -2.34. The maximum absolute atomic E-state index is 5.79. The van der Waals surface area contributed by atoms with Gasteiger partial charge in [0.1, 0.15) is 0 Å². The van der Waals surface area contributed by atoms with E-state index in [0.29, 0.717) is 19.4 Å². The SMILES string of the molecule is CCOc1cc2c(cc1OC)CN1CCc3cc4c(cc3[C@@H]1CC2)OCO4. The fourth-order valence-electron chi connectivity index (χ4n) is 4.63. The Morgan fingerprint density at radius 2 is 1.81 bits per heavy atom. The van der Waals surface area contributed by atoms with Crippen molar-refractivity contribution in [2.45, 2.75) is 38.8 Å². The van der Waals surface area contributed by atoms with Gasteiger partial charge >= 0.3 is 0 Å². The lowest BCUT2D eigenvalue weighted by atomic mass is 9.89. The van der Waals surface area contributed by atoms with Crippen LogP contribution in [-0.4, -0.2) is 32.0 Å². The predicted octanol–water partition coefficient (Wildman–Crippen LogP) is 3.87. The molecule has 2 aromatic rings. The largest absolute Gasteiger partial charge is 0.493 e. The van der Waals surface area contributed by atoms with Gasteiger partial charge in [0.25, 0.3) is 0 Å². The van der Waals surface area contributed by atoms with Gasteiger partial charge < -0.3 is 18.9 Å². The Labute approximate surface area is 159 Å². The quantitative estimate of drug-likeness (QED) is 0.824. The van der Waals surface area contributed by atoms with Crippen molar-refractivity contribution in [3.8, 4) is 23.0 Å². The van der Waals surface area contributed by atoms with E-state index in [1.165, 1.54) is 22.3 Å². The summed E-state index contributed by atoms with van der Waals surface area (Å²) in [6, 6.07) is 9.14. The number of benzene rings is 2. The van der Waals surface area contributed by atoms with Gasteiger partial charge in [-0.05, 0) is 72.7 Å². The molecule has 0 saturated carbocycles. The Balaban J connectivity index is 1.50. The van der Waals surface area contributed by atoms with E-state index in [0.717, 1.165) is 55.4 Å². The van der Waals surface area contributed by atoms with Gasteiger partial charge in [-0.2, -0.15) is 0 Å². The molecule has 0 aliphatic carbocycles. The molecule has 3 heterocycles. The van der Waals surface area contributed by atoms with E-state index in [4.69, 9.17) is 18.9 Å². The predicted molar refractivity (Wildman–Crippen MR) is 102 cm³/mol. The molecule has 0 N–H and O–H groups in total. The first-order valence-electron chi connectivity index (χ1n) is 9.76. The molecule has 0 radical (unpaired) electrons. The van der Waals surface area contributed by atoms with E-state index in [1.807, 2.05) is 6.92 Å². The maximum atomic E-state index is 5.79. The van der Waals surface area contributed by atoms with E-state index >= 15 is 0 Å². The second-order valence-electron chi connectivity index (χ2n) is 7.38. The topological polar surface area (TPSA) is 40.2 Å².